The van der Waals surface area contributed by atoms with Gasteiger partial charge in [-0.15, -0.1) is 0 Å². The van der Waals surface area contributed by atoms with E-state index in [-0.39, 0.29) is 17.9 Å². The van der Waals surface area contributed by atoms with E-state index in [0.29, 0.717) is 0 Å². The Morgan fingerprint density at radius 3 is 2.50 bits per heavy atom. The molecule has 1 N–H and O–H groups in total. The van der Waals surface area contributed by atoms with Gasteiger partial charge in [-0.3, -0.25) is 0 Å². The van der Waals surface area contributed by atoms with Crippen molar-refractivity contribution in [1.29, 1.82) is 0 Å². The van der Waals surface area contributed by atoms with Crippen molar-refractivity contribution in [1.82, 2.24) is 0 Å². The number of methoxy groups -OCH3 is 1. The van der Waals surface area contributed by atoms with Gasteiger partial charge in [0.1, 0.15) is 0 Å². The monoisotopic (exact) mass is 293 g/mol. The number of fused-ring (bicyclic) bond motifs is 2. The number of ether oxygens (including phenoxy) is 1. The van der Waals surface area contributed by atoms with Crippen LogP contribution in [0.25, 0.3) is 0 Å². The third-order valence-corrected chi connectivity index (χ3v) is 5.16. The summed E-state index contributed by atoms with van der Waals surface area (Å²) in [5.41, 5.74) is 5.84. The molecule has 0 aliphatic heterocycles. The maximum atomic E-state index is 9.60. The van der Waals surface area contributed by atoms with Crippen LogP contribution in [-0.4, -0.2) is 24.1 Å². The Bertz CT molecular complexity index is 738. The molecule has 112 valence electrons. The molecule has 3 nitrogen and oxygen atoms in total. The summed E-state index contributed by atoms with van der Waals surface area (Å²) in [6.07, 6.45) is 1.99. The van der Waals surface area contributed by atoms with Crippen LogP contribution in [0.5, 0.6) is 0 Å². The summed E-state index contributed by atoms with van der Waals surface area (Å²) >= 11 is 0. The van der Waals surface area contributed by atoms with Gasteiger partial charge in [-0.25, -0.2) is 0 Å². The summed E-state index contributed by atoms with van der Waals surface area (Å²) in [6, 6.07) is 16.8. The van der Waals surface area contributed by atoms with Crippen LogP contribution in [0, 0.1) is 5.92 Å². The first-order valence-corrected chi connectivity index (χ1v) is 7.74. The molecule has 2 aromatic carbocycles. The quantitative estimate of drug-likeness (QED) is 0.681. The second kappa shape index (κ2) is 5.25. The van der Waals surface area contributed by atoms with Gasteiger partial charge in [0.25, 0.3) is 0 Å². The molecule has 0 saturated carbocycles. The lowest BCUT2D eigenvalue weighted by molar-refractivity contribution is 0.0795. The lowest BCUT2D eigenvalue weighted by Crippen LogP contribution is -2.28. The van der Waals surface area contributed by atoms with Crippen molar-refractivity contribution >= 4 is 5.71 Å². The van der Waals surface area contributed by atoms with E-state index in [4.69, 9.17) is 4.74 Å². The molecular weight excluding hydrogens is 274 g/mol. The number of benzene rings is 2. The van der Waals surface area contributed by atoms with Gasteiger partial charge in [-0.2, -0.15) is 0 Å². The summed E-state index contributed by atoms with van der Waals surface area (Å²) in [7, 11) is 1.78. The van der Waals surface area contributed by atoms with E-state index >= 15 is 0 Å². The lowest BCUT2D eigenvalue weighted by atomic mass is 9.83. The Morgan fingerprint density at radius 1 is 1.00 bits per heavy atom. The molecule has 22 heavy (non-hydrogen) atoms. The van der Waals surface area contributed by atoms with E-state index in [1.165, 1.54) is 16.7 Å². The van der Waals surface area contributed by atoms with Gasteiger partial charge in [0.05, 0.1) is 11.8 Å². The number of rotatable bonds is 2. The Kier molecular flexibility index (Phi) is 3.23. The molecule has 4 rings (SSSR count). The molecule has 0 aromatic heterocycles. The van der Waals surface area contributed by atoms with E-state index < -0.39 is 0 Å². The third-order valence-electron chi connectivity index (χ3n) is 5.16. The minimum Gasteiger partial charge on any atom is -0.411 e. The van der Waals surface area contributed by atoms with Crippen LogP contribution in [0.2, 0.25) is 0 Å². The van der Waals surface area contributed by atoms with Crippen molar-refractivity contribution in [3.05, 3.63) is 70.8 Å². The zero-order valence-corrected chi connectivity index (χ0v) is 12.6. The van der Waals surface area contributed by atoms with Crippen molar-refractivity contribution in [3.8, 4) is 0 Å². The Balaban J connectivity index is 1.79. The average Bonchev–Trinajstić information content (AvgIpc) is 3.11. The molecule has 3 unspecified atom stereocenters. The predicted octanol–water partition coefficient (Wildman–Crippen LogP) is 3.39. The van der Waals surface area contributed by atoms with Crippen molar-refractivity contribution < 1.29 is 9.94 Å². The minimum atomic E-state index is 0.147. The van der Waals surface area contributed by atoms with E-state index in [1.54, 1.807) is 7.11 Å². The number of nitrogens with zero attached hydrogens (tertiary/aromatic N) is 1. The van der Waals surface area contributed by atoms with Crippen LogP contribution < -0.4 is 0 Å². The third kappa shape index (κ3) is 1.89. The first-order chi connectivity index (χ1) is 10.8. The van der Waals surface area contributed by atoms with Crippen molar-refractivity contribution in [2.75, 3.05) is 7.11 Å². The SMILES string of the molecule is COC1Cc2ccccc2C1C1Cc2ccccc2C1=NO. The molecule has 0 radical (unpaired) electrons. The Labute approximate surface area is 130 Å². The van der Waals surface area contributed by atoms with Crippen LogP contribution in [0.1, 0.15) is 28.2 Å². The van der Waals surface area contributed by atoms with Crippen LogP contribution in [0.3, 0.4) is 0 Å². The highest BCUT2D eigenvalue weighted by Crippen LogP contribution is 2.45. The molecule has 3 heteroatoms. The van der Waals surface area contributed by atoms with Crippen LogP contribution in [-0.2, 0) is 17.6 Å². The van der Waals surface area contributed by atoms with Gasteiger partial charge in [-0.05, 0) is 29.5 Å². The highest BCUT2D eigenvalue weighted by Gasteiger charge is 2.43. The Morgan fingerprint density at radius 2 is 1.73 bits per heavy atom. The summed E-state index contributed by atoms with van der Waals surface area (Å²) in [6.45, 7) is 0. The molecule has 2 aliphatic rings. The molecule has 0 bridgehead atoms. The fourth-order valence-corrected chi connectivity index (χ4v) is 4.20. The normalized spacial score (nSPS) is 27.9. The fraction of sp³-hybridized carbons (Fsp3) is 0.316. The van der Waals surface area contributed by atoms with E-state index in [9.17, 15) is 5.21 Å². The Hall–Kier alpha value is -2.13. The highest BCUT2D eigenvalue weighted by molar-refractivity contribution is 6.06. The van der Waals surface area contributed by atoms with Gasteiger partial charge in [0, 0.05) is 24.5 Å². The first kappa shape index (κ1) is 13.5. The summed E-state index contributed by atoms with van der Waals surface area (Å²) in [5, 5.41) is 13.3. The topological polar surface area (TPSA) is 41.8 Å². The zero-order valence-electron chi connectivity index (χ0n) is 12.6. The summed E-state index contributed by atoms with van der Waals surface area (Å²) in [4.78, 5) is 0. The first-order valence-electron chi connectivity index (χ1n) is 7.74. The van der Waals surface area contributed by atoms with Gasteiger partial charge < -0.3 is 9.94 Å². The van der Waals surface area contributed by atoms with Gasteiger partial charge >= 0.3 is 0 Å². The van der Waals surface area contributed by atoms with Gasteiger partial charge in [0.15, 0.2) is 0 Å². The average molecular weight is 293 g/mol. The number of hydrogen-bond acceptors (Lipinski definition) is 3. The second-order valence-electron chi connectivity index (χ2n) is 6.16. The van der Waals surface area contributed by atoms with Gasteiger partial charge in [0.2, 0.25) is 0 Å². The molecule has 0 spiro atoms. The zero-order chi connectivity index (χ0) is 15.1. The maximum Gasteiger partial charge on any atom is 0.0911 e. The van der Waals surface area contributed by atoms with E-state index in [2.05, 4.69) is 35.5 Å². The largest absolute Gasteiger partial charge is 0.411 e. The van der Waals surface area contributed by atoms with E-state index in [0.717, 1.165) is 24.1 Å². The fourth-order valence-electron chi connectivity index (χ4n) is 4.20. The molecule has 0 fully saturated rings. The lowest BCUT2D eigenvalue weighted by Gasteiger charge is -2.25. The van der Waals surface area contributed by atoms with Crippen molar-refractivity contribution in [2.24, 2.45) is 11.1 Å². The van der Waals surface area contributed by atoms with E-state index in [1.807, 2.05) is 18.2 Å². The molecule has 2 aromatic rings. The number of hydrogen-bond donors (Lipinski definition) is 1. The number of oxime groups is 1. The van der Waals surface area contributed by atoms with Gasteiger partial charge in [-0.1, -0.05) is 53.7 Å². The van der Waals surface area contributed by atoms with Crippen molar-refractivity contribution in [2.45, 2.75) is 24.9 Å². The summed E-state index contributed by atoms with van der Waals surface area (Å²) < 4.78 is 5.77. The van der Waals surface area contributed by atoms with Crippen LogP contribution >= 0.6 is 0 Å². The van der Waals surface area contributed by atoms with Crippen molar-refractivity contribution in [3.63, 3.8) is 0 Å². The second-order valence-corrected chi connectivity index (χ2v) is 6.16. The predicted molar refractivity (Wildman–Crippen MR) is 85.6 cm³/mol. The molecule has 0 heterocycles. The maximum absolute atomic E-state index is 9.60. The molecule has 0 saturated heterocycles. The molecule has 3 atom stereocenters. The summed E-state index contributed by atoms with van der Waals surface area (Å²) in [5.74, 6) is 0.426. The molecular formula is C19H19NO2. The van der Waals surface area contributed by atoms with Crippen LogP contribution in [0.4, 0.5) is 0 Å². The van der Waals surface area contributed by atoms with Crippen LogP contribution in [0.15, 0.2) is 53.7 Å². The molecule has 0 amide bonds. The highest BCUT2D eigenvalue weighted by atomic mass is 16.5. The standard InChI is InChI=1S/C19H19NO2/c1-22-17-11-13-7-2-4-8-14(13)18(17)16-10-12-6-3-5-9-15(12)19(16)20-21/h2-9,16-18,21H,10-11H2,1H3. The smallest absolute Gasteiger partial charge is 0.0911 e. The minimum absolute atomic E-state index is 0.147. The molecule has 2 aliphatic carbocycles.